The minimum atomic E-state index is 0.231. The number of nitrogens with zero attached hydrogens (tertiary/aromatic N) is 1. The van der Waals surface area contributed by atoms with Crippen LogP contribution in [0.1, 0.15) is 18.5 Å². The Morgan fingerprint density at radius 1 is 1.05 bits per heavy atom. The van der Waals surface area contributed by atoms with E-state index in [-0.39, 0.29) is 6.04 Å². The highest BCUT2D eigenvalue weighted by Crippen LogP contribution is 2.29. The van der Waals surface area contributed by atoms with Crippen LogP contribution in [0, 0.1) is 0 Å². The Morgan fingerprint density at radius 3 is 2.45 bits per heavy atom. The average Bonchev–Trinajstić information content (AvgIpc) is 2.38. The first-order valence-electron chi connectivity index (χ1n) is 6.46. The summed E-state index contributed by atoms with van der Waals surface area (Å²) in [6.45, 7) is 2.16. The van der Waals surface area contributed by atoms with E-state index in [2.05, 4.69) is 91.5 Å². The Balaban J connectivity index is 2.19. The van der Waals surface area contributed by atoms with Crippen LogP contribution in [0.2, 0.25) is 0 Å². The molecule has 0 radical (unpaired) electrons. The van der Waals surface area contributed by atoms with Gasteiger partial charge in [0.25, 0.3) is 0 Å². The van der Waals surface area contributed by atoms with E-state index in [4.69, 9.17) is 0 Å². The molecule has 0 saturated heterocycles. The molecule has 0 saturated carbocycles. The normalized spacial score (nSPS) is 12.1. The van der Waals surface area contributed by atoms with E-state index in [0.29, 0.717) is 0 Å². The molecule has 0 aliphatic rings. The van der Waals surface area contributed by atoms with E-state index in [9.17, 15) is 0 Å². The van der Waals surface area contributed by atoms with E-state index in [0.717, 1.165) is 14.6 Å². The molecule has 2 nitrogen and oxygen atoms in total. The molecule has 2 aromatic carbocycles. The van der Waals surface area contributed by atoms with Crippen LogP contribution in [-0.2, 0) is 0 Å². The second-order valence-electron chi connectivity index (χ2n) is 4.98. The first-order chi connectivity index (χ1) is 9.47. The van der Waals surface area contributed by atoms with Crippen molar-refractivity contribution < 1.29 is 0 Å². The zero-order valence-electron chi connectivity index (χ0n) is 11.8. The summed E-state index contributed by atoms with van der Waals surface area (Å²) in [5.74, 6) is 0. The highest BCUT2D eigenvalue weighted by molar-refractivity contribution is 9.11. The van der Waals surface area contributed by atoms with Crippen LogP contribution in [0.4, 0.5) is 11.4 Å². The van der Waals surface area contributed by atoms with Crippen molar-refractivity contribution in [1.82, 2.24) is 0 Å². The van der Waals surface area contributed by atoms with E-state index >= 15 is 0 Å². The van der Waals surface area contributed by atoms with Gasteiger partial charge in [-0.25, -0.2) is 0 Å². The van der Waals surface area contributed by atoms with Crippen LogP contribution in [0.5, 0.6) is 0 Å². The fourth-order valence-corrected chi connectivity index (χ4v) is 3.44. The highest BCUT2D eigenvalue weighted by Gasteiger charge is 2.10. The number of hydrogen-bond acceptors (Lipinski definition) is 2. The largest absolute Gasteiger partial charge is 0.378 e. The van der Waals surface area contributed by atoms with E-state index in [1.165, 1.54) is 11.3 Å². The minimum absolute atomic E-state index is 0.231. The van der Waals surface area contributed by atoms with Gasteiger partial charge in [-0.05, 0) is 42.8 Å². The topological polar surface area (TPSA) is 15.3 Å². The molecule has 0 heterocycles. The molecule has 0 aliphatic carbocycles. The number of hydrogen-bond donors (Lipinski definition) is 1. The van der Waals surface area contributed by atoms with Gasteiger partial charge in [0, 0.05) is 40.5 Å². The molecule has 20 heavy (non-hydrogen) atoms. The van der Waals surface area contributed by atoms with Crippen LogP contribution in [0.15, 0.2) is 51.4 Å². The number of nitrogens with one attached hydrogen (secondary N) is 1. The molecule has 106 valence electrons. The summed E-state index contributed by atoms with van der Waals surface area (Å²) in [4.78, 5) is 2.10. The third kappa shape index (κ3) is 3.76. The molecule has 0 bridgehead atoms. The van der Waals surface area contributed by atoms with Crippen LogP contribution < -0.4 is 10.2 Å². The Bertz CT molecular complexity index is 597. The van der Waals surface area contributed by atoms with E-state index < -0.39 is 0 Å². The van der Waals surface area contributed by atoms with Gasteiger partial charge in [0.2, 0.25) is 0 Å². The number of halogens is 2. The summed E-state index contributed by atoms with van der Waals surface area (Å²) >= 11 is 7.10. The molecule has 0 amide bonds. The van der Waals surface area contributed by atoms with Gasteiger partial charge >= 0.3 is 0 Å². The molecule has 1 atom stereocenters. The first kappa shape index (κ1) is 15.4. The minimum Gasteiger partial charge on any atom is -0.378 e. The Labute approximate surface area is 137 Å². The van der Waals surface area contributed by atoms with Crippen molar-refractivity contribution in [3.63, 3.8) is 0 Å². The van der Waals surface area contributed by atoms with Crippen LogP contribution in [0.3, 0.4) is 0 Å². The molecule has 0 fully saturated rings. The molecular formula is C16H18Br2N2. The van der Waals surface area contributed by atoms with Crippen LogP contribution >= 0.6 is 31.9 Å². The lowest BCUT2D eigenvalue weighted by Gasteiger charge is -2.19. The van der Waals surface area contributed by atoms with Crippen molar-refractivity contribution in [2.24, 2.45) is 0 Å². The highest BCUT2D eigenvalue weighted by atomic mass is 79.9. The van der Waals surface area contributed by atoms with Gasteiger partial charge in [0.05, 0.1) is 0 Å². The molecule has 1 N–H and O–H groups in total. The van der Waals surface area contributed by atoms with Gasteiger partial charge in [0.1, 0.15) is 0 Å². The number of rotatable bonds is 4. The third-order valence-electron chi connectivity index (χ3n) is 3.17. The molecule has 0 aliphatic heterocycles. The monoisotopic (exact) mass is 396 g/mol. The molecule has 0 spiro atoms. The fraction of sp³-hybridized carbons (Fsp3) is 0.250. The molecular weight excluding hydrogens is 380 g/mol. The van der Waals surface area contributed by atoms with Gasteiger partial charge in [0.15, 0.2) is 0 Å². The predicted molar refractivity (Wildman–Crippen MR) is 94.6 cm³/mol. The van der Waals surface area contributed by atoms with Crippen LogP contribution in [0.25, 0.3) is 0 Å². The number of benzene rings is 2. The zero-order chi connectivity index (χ0) is 14.7. The quantitative estimate of drug-likeness (QED) is 0.737. The van der Waals surface area contributed by atoms with Crippen LogP contribution in [-0.4, -0.2) is 14.1 Å². The Hall–Kier alpha value is -1.000. The SMILES string of the molecule is CC(Nc1cccc(N(C)C)c1)c1ccc(Br)cc1Br. The lowest BCUT2D eigenvalue weighted by Crippen LogP contribution is -2.10. The zero-order valence-corrected chi connectivity index (χ0v) is 15.0. The van der Waals surface area contributed by atoms with Crippen molar-refractivity contribution in [1.29, 1.82) is 0 Å². The summed E-state index contributed by atoms with van der Waals surface area (Å²) in [6, 6.07) is 14.9. The standard InChI is InChI=1S/C16H18Br2N2/c1-11(15-8-7-12(17)9-16(15)18)19-13-5-4-6-14(10-13)20(2)3/h4-11,19H,1-3H3. The number of anilines is 2. The van der Waals surface area contributed by atoms with Gasteiger partial charge in [-0.2, -0.15) is 0 Å². The summed E-state index contributed by atoms with van der Waals surface area (Å²) in [5, 5.41) is 3.54. The van der Waals surface area contributed by atoms with Crippen molar-refractivity contribution >= 4 is 43.2 Å². The summed E-state index contributed by atoms with van der Waals surface area (Å²) < 4.78 is 2.19. The van der Waals surface area contributed by atoms with Crippen molar-refractivity contribution in [2.45, 2.75) is 13.0 Å². The maximum atomic E-state index is 3.62. The van der Waals surface area contributed by atoms with Gasteiger partial charge in [-0.3, -0.25) is 0 Å². The Kier molecular flexibility index (Phi) is 5.11. The maximum Gasteiger partial charge on any atom is 0.0496 e. The first-order valence-corrected chi connectivity index (χ1v) is 8.05. The predicted octanol–water partition coefficient (Wildman–Crippen LogP) is 5.45. The molecule has 4 heteroatoms. The van der Waals surface area contributed by atoms with Crippen molar-refractivity contribution in [3.8, 4) is 0 Å². The smallest absolute Gasteiger partial charge is 0.0496 e. The van der Waals surface area contributed by atoms with Gasteiger partial charge < -0.3 is 10.2 Å². The lowest BCUT2D eigenvalue weighted by atomic mass is 10.1. The van der Waals surface area contributed by atoms with E-state index in [1.807, 2.05) is 14.1 Å². The van der Waals surface area contributed by atoms with Crippen molar-refractivity contribution in [3.05, 3.63) is 57.0 Å². The van der Waals surface area contributed by atoms with Gasteiger partial charge in [-0.15, -0.1) is 0 Å². The summed E-state index contributed by atoms with van der Waals surface area (Å²) in [5.41, 5.74) is 3.55. The lowest BCUT2D eigenvalue weighted by molar-refractivity contribution is 0.878. The van der Waals surface area contributed by atoms with Gasteiger partial charge in [-0.1, -0.05) is 44.0 Å². The second-order valence-corrected chi connectivity index (χ2v) is 6.75. The summed E-state index contributed by atoms with van der Waals surface area (Å²) in [6.07, 6.45) is 0. The van der Waals surface area contributed by atoms with Crippen molar-refractivity contribution in [2.75, 3.05) is 24.3 Å². The molecule has 2 aromatic rings. The molecule has 2 rings (SSSR count). The Morgan fingerprint density at radius 2 is 1.80 bits per heavy atom. The van der Waals surface area contributed by atoms with E-state index in [1.54, 1.807) is 0 Å². The molecule has 1 unspecified atom stereocenters. The fourth-order valence-electron chi connectivity index (χ4n) is 2.05. The molecule has 0 aromatic heterocycles. The summed E-state index contributed by atoms with van der Waals surface area (Å²) in [7, 11) is 4.10. The second kappa shape index (κ2) is 6.64. The maximum absolute atomic E-state index is 3.62. The average molecular weight is 398 g/mol. The third-order valence-corrected chi connectivity index (χ3v) is 4.35.